The van der Waals surface area contributed by atoms with E-state index in [0.29, 0.717) is 6.42 Å². The van der Waals surface area contributed by atoms with Crippen molar-refractivity contribution in [3.05, 3.63) is 155 Å². The van der Waals surface area contributed by atoms with Gasteiger partial charge in [-0.15, -0.1) is 0 Å². The summed E-state index contributed by atoms with van der Waals surface area (Å²) in [7, 11) is -3.96. The Hall–Kier alpha value is -5.02. The summed E-state index contributed by atoms with van der Waals surface area (Å²) in [5.74, 6) is 0.321. The third-order valence-corrected chi connectivity index (χ3v) is 11.7. The molecular weight excluding hydrogens is 729 g/mol. The van der Waals surface area contributed by atoms with Crippen molar-refractivity contribution < 1.29 is 27.8 Å². The molecule has 0 spiro atoms. The van der Waals surface area contributed by atoms with Crippen molar-refractivity contribution in [2.45, 2.75) is 62.4 Å². The lowest BCUT2D eigenvalue weighted by molar-refractivity contribution is -0.253. The molecule has 292 valence electrons. The van der Waals surface area contributed by atoms with E-state index < -0.39 is 28.3 Å². The predicted octanol–water partition coefficient (Wildman–Crippen LogP) is 4.85. The number of rotatable bonds is 14. The van der Waals surface area contributed by atoms with E-state index in [1.165, 1.54) is 12.1 Å². The second kappa shape index (κ2) is 18.3. The molecular formula is C43H48N6O6S. The molecule has 4 atom stereocenters. The third kappa shape index (κ3) is 10.2. The van der Waals surface area contributed by atoms with Gasteiger partial charge in [0.2, 0.25) is 21.9 Å². The Morgan fingerprint density at radius 1 is 0.804 bits per heavy atom. The number of anilines is 1. The summed E-state index contributed by atoms with van der Waals surface area (Å²) in [6, 6.07) is 32.3. The number of aryl methyl sites for hydroxylation is 1. The van der Waals surface area contributed by atoms with Gasteiger partial charge >= 0.3 is 0 Å². The Balaban J connectivity index is 1.01. The van der Waals surface area contributed by atoms with Crippen LogP contribution in [0.3, 0.4) is 0 Å². The summed E-state index contributed by atoms with van der Waals surface area (Å²) in [6.07, 6.45) is 3.47. The van der Waals surface area contributed by atoms with Crippen molar-refractivity contribution in [1.29, 1.82) is 0 Å². The van der Waals surface area contributed by atoms with Crippen LogP contribution in [-0.2, 0) is 43.9 Å². The van der Waals surface area contributed by atoms with Crippen molar-refractivity contribution in [1.82, 2.24) is 24.9 Å². The Bertz CT molecular complexity index is 2120. The second-order valence-electron chi connectivity index (χ2n) is 14.3. The van der Waals surface area contributed by atoms with Crippen molar-refractivity contribution in [3.8, 4) is 0 Å². The Morgan fingerprint density at radius 2 is 1.46 bits per heavy atom. The molecule has 56 heavy (non-hydrogen) atoms. The number of nitrogens with zero attached hydrogens (tertiary/aromatic N) is 4. The van der Waals surface area contributed by atoms with Crippen molar-refractivity contribution in [2.75, 3.05) is 37.6 Å². The number of aliphatic hydroxyl groups is 1. The van der Waals surface area contributed by atoms with E-state index in [4.69, 9.17) is 9.47 Å². The van der Waals surface area contributed by atoms with E-state index in [9.17, 15) is 18.3 Å². The highest BCUT2D eigenvalue weighted by atomic mass is 32.2. The fraction of sp³-hybridized carbons (Fsp3) is 0.326. The zero-order valence-corrected chi connectivity index (χ0v) is 32.2. The summed E-state index contributed by atoms with van der Waals surface area (Å²) in [5.41, 5.74) is 5.32. The number of hydrogen-bond donors (Lipinski definition) is 3. The van der Waals surface area contributed by atoms with Crippen LogP contribution in [0.1, 0.15) is 52.2 Å². The zero-order valence-electron chi connectivity index (χ0n) is 31.4. The van der Waals surface area contributed by atoms with Crippen LogP contribution in [0.15, 0.2) is 126 Å². The monoisotopic (exact) mass is 776 g/mol. The molecule has 7 rings (SSSR count). The number of carbonyl (C=O) groups excluding carboxylic acids is 1. The number of nitrogens with one attached hydrogen (secondary N) is 2. The molecule has 1 amide bonds. The minimum Gasteiger partial charge on any atom is -0.392 e. The van der Waals surface area contributed by atoms with E-state index in [-0.39, 0.29) is 36.7 Å². The van der Waals surface area contributed by atoms with E-state index in [0.717, 1.165) is 72.1 Å². The molecule has 5 aromatic rings. The molecule has 2 aliphatic heterocycles. The molecule has 0 bridgehead atoms. The number of piperazine rings is 1. The molecule has 3 N–H and O–H groups in total. The lowest BCUT2D eigenvalue weighted by atomic mass is 9.99. The van der Waals surface area contributed by atoms with Gasteiger partial charge in [0.25, 0.3) is 0 Å². The largest absolute Gasteiger partial charge is 0.392 e. The minimum atomic E-state index is -3.96. The van der Waals surface area contributed by atoms with Gasteiger partial charge in [0, 0.05) is 63.6 Å². The van der Waals surface area contributed by atoms with Gasteiger partial charge in [-0.2, -0.15) is 4.72 Å². The smallest absolute Gasteiger partial charge is 0.241 e. The highest BCUT2D eigenvalue weighted by Crippen LogP contribution is 2.38. The van der Waals surface area contributed by atoms with Crippen LogP contribution in [0.2, 0.25) is 0 Å². The highest BCUT2D eigenvalue weighted by Gasteiger charge is 2.34. The first-order valence-electron chi connectivity index (χ1n) is 19.0. The summed E-state index contributed by atoms with van der Waals surface area (Å²) in [4.78, 5) is 27.1. The maximum atomic E-state index is 13.6. The Kier molecular flexibility index (Phi) is 12.8. The van der Waals surface area contributed by atoms with Crippen molar-refractivity contribution >= 4 is 21.9 Å². The van der Waals surface area contributed by atoms with E-state index in [1.54, 1.807) is 24.5 Å². The van der Waals surface area contributed by atoms with Gasteiger partial charge in [-0.1, -0.05) is 96.6 Å². The number of benzene rings is 4. The zero-order chi connectivity index (χ0) is 38.9. The summed E-state index contributed by atoms with van der Waals surface area (Å²) >= 11 is 0. The Labute approximate surface area is 328 Å². The topological polar surface area (TPSA) is 146 Å². The maximum Gasteiger partial charge on any atom is 0.241 e. The van der Waals surface area contributed by atoms with Gasteiger partial charge in [-0.25, -0.2) is 18.4 Å². The lowest BCUT2D eigenvalue weighted by Gasteiger charge is -2.40. The Morgan fingerprint density at radius 3 is 2.14 bits per heavy atom. The van der Waals surface area contributed by atoms with Crippen LogP contribution < -0.4 is 14.9 Å². The van der Waals surface area contributed by atoms with Gasteiger partial charge in [0.15, 0.2) is 6.29 Å². The molecule has 1 aromatic heterocycles. The van der Waals surface area contributed by atoms with Gasteiger partial charge in [0.1, 0.15) is 6.04 Å². The van der Waals surface area contributed by atoms with Gasteiger partial charge in [-0.3, -0.25) is 9.69 Å². The second-order valence-corrected chi connectivity index (χ2v) is 16.0. The molecule has 0 radical (unpaired) electrons. The third-order valence-electron chi connectivity index (χ3n) is 10.2. The van der Waals surface area contributed by atoms with Crippen LogP contribution in [0.4, 0.5) is 5.95 Å². The number of sulfonamides is 1. The van der Waals surface area contributed by atoms with Crippen LogP contribution in [0, 0.1) is 6.92 Å². The lowest BCUT2D eigenvalue weighted by Crippen LogP contribution is -2.50. The molecule has 13 heteroatoms. The molecule has 4 aromatic carbocycles. The highest BCUT2D eigenvalue weighted by molar-refractivity contribution is 7.89. The quantitative estimate of drug-likeness (QED) is 0.143. The predicted molar refractivity (Wildman–Crippen MR) is 213 cm³/mol. The number of aromatic nitrogens is 2. The number of ether oxygens (including phenoxy) is 2. The minimum absolute atomic E-state index is 0.0241. The molecule has 0 unspecified atom stereocenters. The van der Waals surface area contributed by atoms with Crippen LogP contribution in [0.5, 0.6) is 0 Å². The van der Waals surface area contributed by atoms with Gasteiger partial charge in [-0.05, 0) is 53.8 Å². The average Bonchev–Trinajstić information content (AvgIpc) is 3.24. The summed E-state index contributed by atoms with van der Waals surface area (Å²) in [6.45, 7) is 6.18. The fourth-order valence-electron chi connectivity index (χ4n) is 7.02. The molecule has 12 nitrogen and oxygen atoms in total. The van der Waals surface area contributed by atoms with Crippen LogP contribution in [0.25, 0.3) is 0 Å². The SMILES string of the molecule is Cc1ccc(S(=O)(=O)N[C@H](Cc2ccccc2)C(=O)NCc2ccc([C@@H]3O[C@H](CN4CCN(c5ncccn5)CC4)C[C@H](c4ccc(CO)cc4)O3)cc2)cc1. The first kappa shape index (κ1) is 39.2. The average molecular weight is 777 g/mol. The maximum absolute atomic E-state index is 13.6. The number of aliphatic hydroxyl groups excluding tert-OH is 1. The van der Waals surface area contributed by atoms with E-state index in [1.807, 2.05) is 91.9 Å². The number of carbonyl (C=O) groups is 1. The summed E-state index contributed by atoms with van der Waals surface area (Å²) < 4.78 is 42.5. The normalized spacial score (nSPS) is 19.7. The molecule has 2 saturated heterocycles. The van der Waals surface area contributed by atoms with Crippen molar-refractivity contribution in [3.63, 3.8) is 0 Å². The van der Waals surface area contributed by atoms with Gasteiger partial charge < -0.3 is 24.8 Å². The summed E-state index contributed by atoms with van der Waals surface area (Å²) in [5, 5.41) is 12.5. The van der Waals surface area contributed by atoms with Crippen LogP contribution in [-0.4, -0.2) is 79.2 Å². The number of amides is 1. The number of hydrogen-bond acceptors (Lipinski definition) is 10. The first-order chi connectivity index (χ1) is 27.2. The molecule has 3 heterocycles. The molecule has 0 aliphatic carbocycles. The van der Waals surface area contributed by atoms with E-state index >= 15 is 0 Å². The standard InChI is InChI=1S/C43H48N6O6S/c1-31-8-18-38(19-9-31)56(52,53)47-39(26-32-6-3-2-4-7-32)41(51)46-28-33-10-16-36(17-11-33)42-54-37(27-40(55-42)35-14-12-34(30-50)13-15-35)29-48-22-24-49(25-23-48)43-44-20-5-21-45-43/h2-21,37,39-40,42,47,50H,22-30H2,1H3,(H,46,51)/t37-,39+,40+,42+/m0/s1. The first-order valence-corrected chi connectivity index (χ1v) is 20.4. The fourth-order valence-corrected chi connectivity index (χ4v) is 8.22. The molecule has 0 saturated carbocycles. The van der Waals surface area contributed by atoms with Crippen molar-refractivity contribution in [2.24, 2.45) is 0 Å². The molecule has 2 aliphatic rings. The molecule has 2 fully saturated rings. The van der Waals surface area contributed by atoms with E-state index in [2.05, 4.69) is 29.8 Å². The van der Waals surface area contributed by atoms with Gasteiger partial charge in [0.05, 0.1) is 23.7 Å². The van der Waals surface area contributed by atoms with Crippen LogP contribution >= 0.6 is 0 Å².